The van der Waals surface area contributed by atoms with Crippen molar-refractivity contribution in [2.75, 3.05) is 5.73 Å². The SMILES string of the molecule is Nc1cccc(Cl)c1S(=O)(=O)Cc1ccc(Cl)c(Cl)c1. The summed E-state index contributed by atoms with van der Waals surface area (Å²) in [7, 11) is -3.66. The molecule has 2 aromatic carbocycles. The van der Waals surface area contributed by atoms with E-state index >= 15 is 0 Å². The fourth-order valence-corrected chi connectivity index (χ4v) is 4.18. The Bertz CT molecular complexity index is 740. The van der Waals surface area contributed by atoms with Crippen LogP contribution in [0.1, 0.15) is 5.56 Å². The molecular formula is C13H10Cl3NO2S. The number of nitrogens with two attached hydrogens (primary N) is 1. The lowest BCUT2D eigenvalue weighted by molar-refractivity contribution is 0.596. The standard InChI is InChI=1S/C13H10Cl3NO2S/c14-9-5-4-8(6-11(9)16)7-20(18,19)13-10(15)2-1-3-12(13)17/h1-6H,7,17H2. The van der Waals surface area contributed by atoms with Crippen LogP contribution in [-0.4, -0.2) is 8.42 Å². The first-order valence-corrected chi connectivity index (χ1v) is 8.30. The van der Waals surface area contributed by atoms with Crippen molar-refractivity contribution in [2.45, 2.75) is 10.6 Å². The zero-order valence-corrected chi connectivity index (χ0v) is 13.2. The molecule has 2 aromatic rings. The molecule has 106 valence electrons. The fourth-order valence-electron chi connectivity index (χ4n) is 1.77. The topological polar surface area (TPSA) is 60.2 Å². The van der Waals surface area contributed by atoms with E-state index in [1.165, 1.54) is 18.2 Å². The van der Waals surface area contributed by atoms with Crippen molar-refractivity contribution in [2.24, 2.45) is 0 Å². The predicted molar refractivity (Wildman–Crippen MR) is 83.2 cm³/mol. The quantitative estimate of drug-likeness (QED) is 0.844. The molecule has 0 fully saturated rings. The van der Waals surface area contributed by atoms with Crippen molar-refractivity contribution in [3.63, 3.8) is 0 Å². The van der Waals surface area contributed by atoms with E-state index in [1.54, 1.807) is 18.2 Å². The van der Waals surface area contributed by atoms with Gasteiger partial charge in [-0.15, -0.1) is 0 Å². The highest BCUT2D eigenvalue weighted by Gasteiger charge is 2.22. The van der Waals surface area contributed by atoms with Gasteiger partial charge in [0.1, 0.15) is 4.90 Å². The summed E-state index contributed by atoms with van der Waals surface area (Å²) in [4.78, 5) is -0.0623. The van der Waals surface area contributed by atoms with Gasteiger partial charge in [0.05, 0.1) is 26.5 Å². The van der Waals surface area contributed by atoms with Crippen LogP contribution >= 0.6 is 34.8 Å². The molecule has 0 bridgehead atoms. The fraction of sp³-hybridized carbons (Fsp3) is 0.0769. The van der Waals surface area contributed by atoms with Crippen molar-refractivity contribution in [1.29, 1.82) is 0 Å². The van der Waals surface area contributed by atoms with Crippen LogP contribution in [0.15, 0.2) is 41.3 Å². The van der Waals surface area contributed by atoms with Crippen molar-refractivity contribution in [3.8, 4) is 0 Å². The molecule has 0 aliphatic rings. The van der Waals surface area contributed by atoms with Crippen molar-refractivity contribution < 1.29 is 8.42 Å². The number of sulfone groups is 1. The number of hydrogen-bond donors (Lipinski definition) is 1. The summed E-state index contributed by atoms with van der Waals surface area (Å²) >= 11 is 17.6. The largest absolute Gasteiger partial charge is 0.398 e. The summed E-state index contributed by atoms with van der Waals surface area (Å²) in [5, 5.41) is 0.765. The van der Waals surface area contributed by atoms with Gasteiger partial charge in [0, 0.05) is 0 Å². The Morgan fingerprint density at radius 1 is 0.950 bits per heavy atom. The van der Waals surface area contributed by atoms with E-state index in [-0.39, 0.29) is 21.4 Å². The molecule has 0 radical (unpaired) electrons. The molecule has 0 atom stereocenters. The Kier molecular flexibility index (Phi) is 4.49. The average Bonchev–Trinajstić information content (AvgIpc) is 2.33. The van der Waals surface area contributed by atoms with E-state index in [2.05, 4.69) is 0 Å². The van der Waals surface area contributed by atoms with Gasteiger partial charge in [-0.1, -0.05) is 46.9 Å². The predicted octanol–water partition coefficient (Wildman–Crippen LogP) is 4.20. The Hall–Kier alpha value is -0.940. The van der Waals surface area contributed by atoms with Crippen LogP contribution < -0.4 is 5.73 Å². The summed E-state index contributed by atoms with van der Waals surface area (Å²) in [6.07, 6.45) is 0. The first kappa shape index (κ1) is 15.4. The van der Waals surface area contributed by atoms with Gasteiger partial charge in [0.2, 0.25) is 0 Å². The maximum absolute atomic E-state index is 12.4. The number of hydrogen-bond acceptors (Lipinski definition) is 3. The van der Waals surface area contributed by atoms with E-state index in [4.69, 9.17) is 40.5 Å². The third-order valence-corrected chi connectivity index (χ3v) is 5.61. The maximum atomic E-state index is 12.4. The molecule has 0 aliphatic carbocycles. The number of halogens is 3. The monoisotopic (exact) mass is 349 g/mol. The molecule has 7 heteroatoms. The summed E-state index contributed by atoms with van der Waals surface area (Å²) in [5.41, 5.74) is 6.34. The molecule has 0 aromatic heterocycles. The lowest BCUT2D eigenvalue weighted by atomic mass is 10.2. The molecule has 0 saturated heterocycles. The van der Waals surface area contributed by atoms with Crippen LogP contribution in [0.25, 0.3) is 0 Å². The van der Waals surface area contributed by atoms with Crippen molar-refractivity contribution in [3.05, 3.63) is 57.0 Å². The Balaban J connectivity index is 2.43. The van der Waals surface area contributed by atoms with Crippen LogP contribution in [0.2, 0.25) is 15.1 Å². The minimum absolute atomic E-state index is 0.0623. The maximum Gasteiger partial charge on any atom is 0.186 e. The zero-order valence-electron chi connectivity index (χ0n) is 10.1. The second kappa shape index (κ2) is 5.82. The molecule has 20 heavy (non-hydrogen) atoms. The second-order valence-electron chi connectivity index (χ2n) is 4.17. The normalized spacial score (nSPS) is 11.6. The van der Waals surface area contributed by atoms with Gasteiger partial charge >= 0.3 is 0 Å². The van der Waals surface area contributed by atoms with Crippen LogP contribution in [-0.2, 0) is 15.6 Å². The molecule has 2 N–H and O–H groups in total. The van der Waals surface area contributed by atoms with Crippen LogP contribution in [0.4, 0.5) is 5.69 Å². The van der Waals surface area contributed by atoms with E-state index in [0.717, 1.165) is 0 Å². The Morgan fingerprint density at radius 3 is 2.25 bits per heavy atom. The molecule has 0 spiro atoms. The first-order valence-electron chi connectivity index (χ1n) is 5.52. The lowest BCUT2D eigenvalue weighted by Gasteiger charge is -2.10. The molecule has 0 amide bonds. The van der Waals surface area contributed by atoms with E-state index in [9.17, 15) is 8.42 Å². The first-order chi connectivity index (χ1) is 9.31. The molecule has 2 rings (SSSR count). The minimum atomic E-state index is -3.66. The van der Waals surface area contributed by atoms with Crippen LogP contribution in [0.5, 0.6) is 0 Å². The summed E-state index contributed by atoms with van der Waals surface area (Å²) in [6, 6.07) is 9.22. The number of rotatable bonds is 3. The third kappa shape index (κ3) is 3.20. The van der Waals surface area contributed by atoms with Gasteiger partial charge in [-0.2, -0.15) is 0 Å². The average molecular weight is 351 g/mol. The number of benzene rings is 2. The molecular weight excluding hydrogens is 341 g/mol. The summed E-state index contributed by atoms with van der Waals surface area (Å²) < 4.78 is 24.8. The third-order valence-electron chi connectivity index (χ3n) is 2.65. The number of anilines is 1. The molecule has 0 heterocycles. The highest BCUT2D eigenvalue weighted by Crippen LogP contribution is 2.31. The number of nitrogen functional groups attached to an aromatic ring is 1. The van der Waals surface area contributed by atoms with E-state index in [0.29, 0.717) is 15.6 Å². The molecule has 0 aliphatic heterocycles. The van der Waals surface area contributed by atoms with E-state index in [1.807, 2.05) is 0 Å². The molecule has 3 nitrogen and oxygen atoms in total. The lowest BCUT2D eigenvalue weighted by Crippen LogP contribution is -2.08. The molecule has 0 saturated carbocycles. The van der Waals surface area contributed by atoms with E-state index < -0.39 is 9.84 Å². The van der Waals surface area contributed by atoms with Gasteiger partial charge in [0.25, 0.3) is 0 Å². The molecule has 0 unspecified atom stereocenters. The van der Waals surface area contributed by atoms with Gasteiger partial charge in [-0.25, -0.2) is 8.42 Å². The summed E-state index contributed by atoms with van der Waals surface area (Å²) in [6.45, 7) is 0. The highest BCUT2D eigenvalue weighted by molar-refractivity contribution is 7.91. The van der Waals surface area contributed by atoms with Gasteiger partial charge in [-0.05, 0) is 29.8 Å². The van der Waals surface area contributed by atoms with Crippen molar-refractivity contribution in [1.82, 2.24) is 0 Å². The zero-order chi connectivity index (χ0) is 14.9. The van der Waals surface area contributed by atoms with Crippen molar-refractivity contribution >= 4 is 50.3 Å². The summed E-state index contributed by atoms with van der Waals surface area (Å²) in [5.74, 6) is -0.252. The minimum Gasteiger partial charge on any atom is -0.398 e. The van der Waals surface area contributed by atoms with Gasteiger partial charge < -0.3 is 5.73 Å². The van der Waals surface area contributed by atoms with Crippen LogP contribution in [0.3, 0.4) is 0 Å². The highest BCUT2D eigenvalue weighted by atomic mass is 35.5. The van der Waals surface area contributed by atoms with Crippen LogP contribution in [0, 0.1) is 0 Å². The Morgan fingerprint density at radius 2 is 1.65 bits per heavy atom. The second-order valence-corrected chi connectivity index (χ2v) is 7.31. The smallest absolute Gasteiger partial charge is 0.186 e. The van der Waals surface area contributed by atoms with Gasteiger partial charge in [0.15, 0.2) is 9.84 Å². The van der Waals surface area contributed by atoms with Gasteiger partial charge in [-0.3, -0.25) is 0 Å². The Labute approximate surface area is 132 Å².